The highest BCUT2D eigenvalue weighted by molar-refractivity contribution is 8.00. The Balaban J connectivity index is 2.11. The third kappa shape index (κ3) is 4.37. The number of alkyl halides is 6. The molecule has 0 spiro atoms. The van der Waals surface area contributed by atoms with E-state index in [1.165, 1.54) is 24.0 Å². The van der Waals surface area contributed by atoms with Gasteiger partial charge in [-0.1, -0.05) is 6.92 Å². The molecular formula is C16H12F6N4S2. The highest BCUT2D eigenvalue weighted by Crippen LogP contribution is 2.38. The van der Waals surface area contributed by atoms with Crippen LogP contribution in [0.25, 0.3) is 22.6 Å². The third-order valence-electron chi connectivity index (χ3n) is 3.65. The molecule has 0 N–H and O–H groups in total. The molecule has 0 saturated heterocycles. The number of rotatable bonds is 4. The molecule has 150 valence electrons. The highest BCUT2D eigenvalue weighted by Gasteiger charge is 2.33. The lowest BCUT2D eigenvalue weighted by atomic mass is 10.2. The van der Waals surface area contributed by atoms with Crippen LogP contribution in [-0.2, 0) is 13.2 Å². The molecule has 3 heterocycles. The van der Waals surface area contributed by atoms with Gasteiger partial charge in [-0.25, -0.2) is 9.97 Å². The van der Waals surface area contributed by atoms with Crippen LogP contribution in [-0.4, -0.2) is 30.8 Å². The summed E-state index contributed by atoms with van der Waals surface area (Å²) >= 11 is 0.810. The Morgan fingerprint density at radius 3 is 2.36 bits per heavy atom. The first-order valence-electron chi connectivity index (χ1n) is 7.78. The molecule has 0 aliphatic heterocycles. The van der Waals surface area contributed by atoms with Crippen molar-refractivity contribution >= 4 is 34.6 Å². The van der Waals surface area contributed by atoms with Gasteiger partial charge in [0.05, 0.1) is 22.8 Å². The molecule has 0 amide bonds. The lowest BCUT2D eigenvalue weighted by molar-refractivity contribution is -0.138. The second-order valence-corrected chi connectivity index (χ2v) is 7.95. The lowest BCUT2D eigenvalue weighted by Gasteiger charge is -2.12. The number of hydrogen-bond acceptors (Lipinski definition) is 5. The summed E-state index contributed by atoms with van der Waals surface area (Å²) in [5.41, 5.74) is -4.46. The summed E-state index contributed by atoms with van der Waals surface area (Å²) in [7, 11) is 1.60. The van der Waals surface area contributed by atoms with Gasteiger partial charge in [0.1, 0.15) is 10.7 Å². The topological polar surface area (TPSA) is 43.6 Å². The van der Waals surface area contributed by atoms with Crippen LogP contribution in [0.15, 0.2) is 34.4 Å². The molecule has 0 aliphatic rings. The zero-order valence-electron chi connectivity index (χ0n) is 14.4. The Morgan fingerprint density at radius 1 is 1.04 bits per heavy atom. The molecule has 3 aromatic heterocycles. The smallest absolute Gasteiger partial charge is 0.325 e. The van der Waals surface area contributed by atoms with Crippen LogP contribution < -0.4 is 0 Å². The van der Waals surface area contributed by atoms with Gasteiger partial charge in [-0.15, -0.1) is 11.8 Å². The van der Waals surface area contributed by atoms with E-state index in [9.17, 15) is 26.3 Å². The molecule has 28 heavy (non-hydrogen) atoms. The van der Waals surface area contributed by atoms with Crippen molar-refractivity contribution in [2.75, 3.05) is 5.75 Å². The minimum Gasteiger partial charge on any atom is -0.325 e. The average Bonchev–Trinajstić information content (AvgIpc) is 2.89. The van der Waals surface area contributed by atoms with Gasteiger partial charge < -0.3 is 4.57 Å². The molecule has 0 atom stereocenters. The Morgan fingerprint density at radius 2 is 1.75 bits per heavy atom. The monoisotopic (exact) mass is 438 g/mol. The standard InChI is InChI=1S/C16H12F6N4S2/c1-3-27-11-4-8(15(17,18)19)6-24-13(11)14-25-9-5-12(28-16(20,21)22)23-7-10(9)26(14)2/h4-7H,3H2,1-2H3. The second kappa shape index (κ2) is 7.47. The van der Waals surface area contributed by atoms with E-state index in [4.69, 9.17) is 0 Å². The fourth-order valence-electron chi connectivity index (χ4n) is 2.49. The molecule has 0 fully saturated rings. The number of aromatic nitrogens is 4. The normalized spacial score (nSPS) is 12.7. The second-order valence-electron chi connectivity index (χ2n) is 5.55. The van der Waals surface area contributed by atoms with Gasteiger partial charge in [-0.05, 0) is 17.9 Å². The van der Waals surface area contributed by atoms with E-state index in [1.54, 1.807) is 18.5 Å². The SMILES string of the molecule is CCSc1cc(C(F)(F)F)cnc1-c1nc2cc(SC(F)(F)F)ncc2n1C. The largest absolute Gasteiger partial charge is 0.447 e. The molecule has 0 radical (unpaired) electrons. The number of aryl methyl sites for hydroxylation is 1. The van der Waals surface area contributed by atoms with Crippen LogP contribution in [0.5, 0.6) is 0 Å². The average molecular weight is 438 g/mol. The number of nitrogens with zero attached hydrogens (tertiary/aromatic N) is 4. The van der Waals surface area contributed by atoms with E-state index < -0.39 is 17.2 Å². The van der Waals surface area contributed by atoms with Crippen molar-refractivity contribution in [2.45, 2.75) is 28.5 Å². The molecule has 0 unspecified atom stereocenters. The number of thioether (sulfide) groups is 2. The summed E-state index contributed by atoms with van der Waals surface area (Å²) in [5, 5.41) is -0.270. The van der Waals surface area contributed by atoms with Crippen LogP contribution in [0.4, 0.5) is 26.3 Å². The first-order valence-corrected chi connectivity index (χ1v) is 9.58. The van der Waals surface area contributed by atoms with Crippen molar-refractivity contribution in [3.05, 3.63) is 30.1 Å². The molecule has 3 aromatic rings. The molecule has 0 aromatic carbocycles. The van der Waals surface area contributed by atoms with Crippen molar-refractivity contribution in [2.24, 2.45) is 7.05 Å². The first-order chi connectivity index (χ1) is 13.0. The molecule has 0 bridgehead atoms. The Labute approximate surface area is 163 Å². The van der Waals surface area contributed by atoms with Gasteiger partial charge in [-0.3, -0.25) is 4.98 Å². The van der Waals surface area contributed by atoms with Crippen LogP contribution >= 0.6 is 23.5 Å². The van der Waals surface area contributed by atoms with E-state index in [-0.39, 0.29) is 38.7 Å². The molecular weight excluding hydrogens is 426 g/mol. The van der Waals surface area contributed by atoms with E-state index >= 15 is 0 Å². The quantitative estimate of drug-likeness (QED) is 0.382. The van der Waals surface area contributed by atoms with Gasteiger partial charge in [0.2, 0.25) is 0 Å². The van der Waals surface area contributed by atoms with Crippen LogP contribution in [0.2, 0.25) is 0 Å². The van der Waals surface area contributed by atoms with Gasteiger partial charge in [0.15, 0.2) is 5.82 Å². The fourth-order valence-corrected chi connectivity index (χ4v) is 3.80. The van der Waals surface area contributed by atoms with Crippen molar-refractivity contribution in [3.63, 3.8) is 0 Å². The maximum atomic E-state index is 13.0. The summed E-state index contributed by atoms with van der Waals surface area (Å²) in [6.07, 6.45) is -2.57. The minimum atomic E-state index is -4.53. The first kappa shape index (κ1) is 20.8. The zero-order valence-corrected chi connectivity index (χ0v) is 16.0. The van der Waals surface area contributed by atoms with Gasteiger partial charge in [0, 0.05) is 29.9 Å². The van der Waals surface area contributed by atoms with Gasteiger partial charge in [-0.2, -0.15) is 26.3 Å². The molecule has 3 rings (SSSR count). The summed E-state index contributed by atoms with van der Waals surface area (Å²) in [6.45, 7) is 1.79. The number of pyridine rings is 2. The Hall–Kier alpha value is -1.95. The minimum absolute atomic E-state index is 0.226. The van der Waals surface area contributed by atoms with E-state index in [0.29, 0.717) is 11.3 Å². The van der Waals surface area contributed by atoms with Gasteiger partial charge >= 0.3 is 11.7 Å². The predicted molar refractivity (Wildman–Crippen MR) is 95.1 cm³/mol. The molecule has 12 heteroatoms. The number of imidazole rings is 1. The number of hydrogen-bond donors (Lipinski definition) is 0. The molecule has 0 aliphatic carbocycles. The Bertz CT molecular complexity index is 1010. The highest BCUT2D eigenvalue weighted by atomic mass is 32.2. The Kier molecular flexibility index (Phi) is 5.54. The van der Waals surface area contributed by atoms with E-state index in [0.717, 1.165) is 12.3 Å². The zero-order chi connectivity index (χ0) is 20.7. The van der Waals surface area contributed by atoms with Crippen LogP contribution in [0, 0.1) is 0 Å². The number of fused-ring (bicyclic) bond motifs is 1. The molecule has 4 nitrogen and oxygen atoms in total. The summed E-state index contributed by atoms with van der Waals surface area (Å²) < 4.78 is 78.2. The predicted octanol–water partition coefficient (Wildman–Crippen LogP) is 5.77. The van der Waals surface area contributed by atoms with E-state index in [2.05, 4.69) is 15.0 Å². The van der Waals surface area contributed by atoms with Crippen molar-refractivity contribution in [1.82, 2.24) is 19.5 Å². The van der Waals surface area contributed by atoms with E-state index in [1.807, 2.05) is 0 Å². The van der Waals surface area contributed by atoms with Crippen LogP contribution in [0.3, 0.4) is 0 Å². The fraction of sp³-hybridized carbons (Fsp3) is 0.312. The summed E-state index contributed by atoms with van der Waals surface area (Å²) in [6, 6.07) is 2.19. The van der Waals surface area contributed by atoms with Gasteiger partial charge in [0.25, 0.3) is 0 Å². The maximum absolute atomic E-state index is 13.0. The van der Waals surface area contributed by atoms with Crippen molar-refractivity contribution in [1.29, 1.82) is 0 Å². The summed E-state index contributed by atoms with van der Waals surface area (Å²) in [4.78, 5) is 12.3. The van der Waals surface area contributed by atoms with Crippen molar-refractivity contribution in [3.8, 4) is 11.5 Å². The summed E-state index contributed by atoms with van der Waals surface area (Å²) in [5.74, 6) is 0.754. The third-order valence-corrected chi connectivity index (χ3v) is 5.23. The van der Waals surface area contributed by atoms with Crippen molar-refractivity contribution < 1.29 is 26.3 Å². The number of halogens is 6. The lowest BCUT2D eigenvalue weighted by Crippen LogP contribution is -2.07. The van der Waals surface area contributed by atoms with Crippen LogP contribution in [0.1, 0.15) is 12.5 Å². The maximum Gasteiger partial charge on any atom is 0.447 e. The molecule has 0 saturated carbocycles.